The maximum Gasteiger partial charge on any atom is 0.245 e. The monoisotopic (exact) mass is 202 g/mol. The average molecular weight is 202 g/mol. The number of carbonyl (C=O) groups excluding carboxylic acids is 1. The standard InChI is InChI=1S/C9H18N2O3/c1-7(9(10)13)5-11-4-3-8(6-12)14-2/h5,8,11-12H,3-4,6H2,1-2H3,(H2,10,13)/b7-5-. The zero-order valence-electron chi connectivity index (χ0n) is 8.62. The van der Waals surface area contributed by atoms with Gasteiger partial charge in [-0.25, -0.2) is 0 Å². The third-order valence-electron chi connectivity index (χ3n) is 1.85. The van der Waals surface area contributed by atoms with Crippen LogP contribution >= 0.6 is 0 Å². The predicted octanol–water partition coefficient (Wildman–Crippen LogP) is -0.637. The van der Waals surface area contributed by atoms with E-state index in [9.17, 15) is 4.79 Å². The van der Waals surface area contributed by atoms with Crippen LogP contribution in [0.5, 0.6) is 0 Å². The summed E-state index contributed by atoms with van der Waals surface area (Å²) in [6.45, 7) is 2.26. The van der Waals surface area contributed by atoms with Crippen LogP contribution in [-0.4, -0.2) is 37.4 Å². The lowest BCUT2D eigenvalue weighted by Crippen LogP contribution is -2.22. The van der Waals surface area contributed by atoms with Crippen molar-refractivity contribution in [2.24, 2.45) is 5.73 Å². The molecule has 5 heteroatoms. The molecule has 0 rings (SSSR count). The van der Waals surface area contributed by atoms with Gasteiger partial charge in [0.25, 0.3) is 0 Å². The van der Waals surface area contributed by atoms with Crippen LogP contribution in [0, 0.1) is 0 Å². The number of hydrogen-bond donors (Lipinski definition) is 3. The minimum absolute atomic E-state index is 0.00328. The first kappa shape index (κ1) is 12.9. The molecule has 1 atom stereocenters. The van der Waals surface area contributed by atoms with E-state index in [1.165, 1.54) is 0 Å². The second-order valence-electron chi connectivity index (χ2n) is 2.97. The number of nitrogens with two attached hydrogens (primary N) is 1. The first-order valence-electron chi connectivity index (χ1n) is 4.45. The molecule has 0 aliphatic carbocycles. The van der Waals surface area contributed by atoms with Crippen molar-refractivity contribution in [1.29, 1.82) is 0 Å². The van der Waals surface area contributed by atoms with Gasteiger partial charge in [-0.2, -0.15) is 0 Å². The number of ether oxygens (including phenoxy) is 1. The maximum absolute atomic E-state index is 10.6. The molecule has 0 aliphatic heterocycles. The van der Waals surface area contributed by atoms with Gasteiger partial charge in [-0.05, 0) is 13.3 Å². The second-order valence-corrected chi connectivity index (χ2v) is 2.97. The van der Waals surface area contributed by atoms with Crippen LogP contribution < -0.4 is 11.1 Å². The summed E-state index contributed by atoms with van der Waals surface area (Å²) in [4.78, 5) is 10.6. The van der Waals surface area contributed by atoms with Gasteiger partial charge < -0.3 is 20.9 Å². The number of amides is 1. The van der Waals surface area contributed by atoms with Gasteiger partial charge in [-0.3, -0.25) is 4.79 Å². The highest BCUT2D eigenvalue weighted by molar-refractivity contribution is 5.91. The van der Waals surface area contributed by atoms with Gasteiger partial charge in [-0.1, -0.05) is 0 Å². The van der Waals surface area contributed by atoms with E-state index in [0.29, 0.717) is 18.5 Å². The number of rotatable bonds is 7. The van der Waals surface area contributed by atoms with Gasteiger partial charge in [0.2, 0.25) is 5.91 Å². The highest BCUT2D eigenvalue weighted by Crippen LogP contribution is 1.94. The summed E-state index contributed by atoms with van der Waals surface area (Å²) in [5.74, 6) is -0.442. The highest BCUT2D eigenvalue weighted by Gasteiger charge is 2.03. The number of hydrogen-bond acceptors (Lipinski definition) is 4. The summed E-state index contributed by atoms with van der Waals surface area (Å²) in [5, 5.41) is 11.7. The smallest absolute Gasteiger partial charge is 0.245 e. The Kier molecular flexibility index (Phi) is 6.78. The van der Waals surface area contributed by atoms with E-state index in [0.717, 1.165) is 0 Å². The summed E-state index contributed by atoms with van der Waals surface area (Å²) in [6.07, 6.45) is 2.08. The van der Waals surface area contributed by atoms with Crippen molar-refractivity contribution in [2.45, 2.75) is 19.4 Å². The number of nitrogens with one attached hydrogen (secondary N) is 1. The van der Waals surface area contributed by atoms with Crippen LogP contribution in [0.15, 0.2) is 11.8 Å². The largest absolute Gasteiger partial charge is 0.394 e. The minimum atomic E-state index is -0.442. The van der Waals surface area contributed by atoms with Crippen molar-refractivity contribution in [3.05, 3.63) is 11.8 Å². The zero-order chi connectivity index (χ0) is 11.0. The van der Waals surface area contributed by atoms with Crippen LogP contribution in [0.2, 0.25) is 0 Å². The Hall–Kier alpha value is -1.07. The molecule has 0 aromatic carbocycles. The number of methoxy groups -OCH3 is 1. The second kappa shape index (κ2) is 7.34. The molecule has 4 N–H and O–H groups in total. The first-order chi connectivity index (χ1) is 6.61. The third kappa shape index (κ3) is 5.55. The molecular weight excluding hydrogens is 184 g/mol. The Morgan fingerprint density at radius 2 is 2.36 bits per heavy atom. The first-order valence-corrected chi connectivity index (χ1v) is 4.45. The van der Waals surface area contributed by atoms with E-state index in [2.05, 4.69) is 5.32 Å². The van der Waals surface area contributed by atoms with Gasteiger partial charge in [0.15, 0.2) is 0 Å². The van der Waals surface area contributed by atoms with Crippen LogP contribution in [0.1, 0.15) is 13.3 Å². The summed E-state index contributed by atoms with van der Waals surface area (Å²) in [5.41, 5.74) is 5.49. The number of carbonyl (C=O) groups is 1. The lowest BCUT2D eigenvalue weighted by Gasteiger charge is -2.11. The maximum atomic E-state index is 10.6. The van der Waals surface area contributed by atoms with E-state index in [-0.39, 0.29) is 12.7 Å². The molecule has 0 fully saturated rings. The van der Waals surface area contributed by atoms with Gasteiger partial charge in [0.05, 0.1) is 12.7 Å². The Balaban J connectivity index is 3.64. The molecule has 0 saturated heterocycles. The summed E-state index contributed by atoms with van der Waals surface area (Å²) in [6, 6.07) is 0. The zero-order valence-corrected chi connectivity index (χ0v) is 8.62. The van der Waals surface area contributed by atoms with Crippen LogP contribution in [-0.2, 0) is 9.53 Å². The van der Waals surface area contributed by atoms with E-state index >= 15 is 0 Å². The number of aliphatic hydroxyl groups excluding tert-OH is 1. The molecule has 1 amide bonds. The molecule has 82 valence electrons. The molecule has 0 saturated carbocycles. The molecule has 0 aromatic rings. The van der Waals surface area contributed by atoms with Crippen molar-refractivity contribution in [2.75, 3.05) is 20.3 Å². The molecule has 0 radical (unpaired) electrons. The Morgan fingerprint density at radius 1 is 1.71 bits per heavy atom. The fraction of sp³-hybridized carbons (Fsp3) is 0.667. The average Bonchev–Trinajstić information content (AvgIpc) is 2.17. The molecule has 1 unspecified atom stereocenters. The van der Waals surface area contributed by atoms with Crippen molar-refractivity contribution in [3.63, 3.8) is 0 Å². The van der Waals surface area contributed by atoms with E-state index in [1.807, 2.05) is 0 Å². The van der Waals surface area contributed by atoms with Crippen LogP contribution in [0.3, 0.4) is 0 Å². The lowest BCUT2D eigenvalue weighted by molar-refractivity contribution is -0.114. The molecule has 0 aromatic heterocycles. The Labute approximate surface area is 83.9 Å². The van der Waals surface area contributed by atoms with E-state index in [4.69, 9.17) is 15.6 Å². The number of primary amides is 1. The van der Waals surface area contributed by atoms with E-state index < -0.39 is 5.91 Å². The SMILES string of the molecule is COC(CO)CCN/C=C(/C)C(N)=O. The van der Waals surface area contributed by atoms with Gasteiger partial charge >= 0.3 is 0 Å². The highest BCUT2D eigenvalue weighted by atomic mass is 16.5. The topological polar surface area (TPSA) is 84.6 Å². The van der Waals surface area contributed by atoms with Crippen LogP contribution in [0.25, 0.3) is 0 Å². The number of aliphatic hydroxyl groups is 1. The lowest BCUT2D eigenvalue weighted by atomic mass is 10.2. The van der Waals surface area contributed by atoms with Crippen molar-refractivity contribution in [1.82, 2.24) is 5.32 Å². The molecule has 0 spiro atoms. The Bertz CT molecular complexity index is 200. The van der Waals surface area contributed by atoms with Gasteiger partial charge in [-0.15, -0.1) is 0 Å². The van der Waals surface area contributed by atoms with Crippen molar-refractivity contribution in [3.8, 4) is 0 Å². The van der Waals surface area contributed by atoms with E-state index in [1.54, 1.807) is 20.2 Å². The summed E-state index contributed by atoms with van der Waals surface area (Å²) in [7, 11) is 1.55. The van der Waals surface area contributed by atoms with Crippen LogP contribution in [0.4, 0.5) is 0 Å². The quantitative estimate of drug-likeness (QED) is 0.379. The minimum Gasteiger partial charge on any atom is -0.394 e. The Morgan fingerprint density at radius 3 is 2.79 bits per heavy atom. The van der Waals surface area contributed by atoms with Gasteiger partial charge in [0, 0.05) is 25.4 Å². The molecule has 5 nitrogen and oxygen atoms in total. The third-order valence-corrected chi connectivity index (χ3v) is 1.85. The fourth-order valence-electron chi connectivity index (χ4n) is 0.824. The fourth-order valence-corrected chi connectivity index (χ4v) is 0.824. The summed E-state index contributed by atoms with van der Waals surface area (Å²) >= 11 is 0. The van der Waals surface area contributed by atoms with Crippen molar-refractivity contribution < 1.29 is 14.6 Å². The van der Waals surface area contributed by atoms with Gasteiger partial charge in [0.1, 0.15) is 0 Å². The molecular formula is C9H18N2O3. The molecule has 0 aliphatic rings. The summed E-state index contributed by atoms with van der Waals surface area (Å²) < 4.78 is 4.95. The molecule has 14 heavy (non-hydrogen) atoms. The normalized spacial score (nSPS) is 13.8. The predicted molar refractivity (Wildman–Crippen MR) is 53.5 cm³/mol. The molecule has 0 bridgehead atoms. The molecule has 0 heterocycles. The van der Waals surface area contributed by atoms with Crippen molar-refractivity contribution >= 4 is 5.91 Å².